The molecule has 0 aliphatic carbocycles. The molecule has 0 spiro atoms. The molecular weight excluding hydrogens is 318 g/mol. The smallest absolute Gasteiger partial charge is 0.191 e. The van der Waals surface area contributed by atoms with E-state index in [4.69, 9.17) is 16.3 Å². The van der Waals surface area contributed by atoms with Crippen LogP contribution in [0.4, 0.5) is 0 Å². The molecular formula is C16H24ClN3OS. The van der Waals surface area contributed by atoms with E-state index in [-0.39, 0.29) is 4.75 Å². The Morgan fingerprint density at radius 3 is 2.68 bits per heavy atom. The Hall–Kier alpha value is -0.910. The Kier molecular flexibility index (Phi) is 6.86. The number of hydrogen-bond donors (Lipinski definition) is 2. The molecule has 0 amide bonds. The Morgan fingerprint density at radius 1 is 1.32 bits per heavy atom. The van der Waals surface area contributed by atoms with Gasteiger partial charge in [-0.1, -0.05) is 29.8 Å². The van der Waals surface area contributed by atoms with Crippen molar-refractivity contribution in [3.63, 3.8) is 0 Å². The summed E-state index contributed by atoms with van der Waals surface area (Å²) >= 11 is 8.09. The number of nitrogens with one attached hydrogen (secondary N) is 2. The number of guanidine groups is 1. The quantitative estimate of drug-likeness (QED) is 0.638. The highest BCUT2D eigenvalue weighted by molar-refractivity contribution is 8.00. The van der Waals surface area contributed by atoms with Crippen LogP contribution in [0.2, 0.25) is 5.02 Å². The van der Waals surface area contributed by atoms with Crippen LogP contribution in [0.25, 0.3) is 0 Å². The number of rotatable bonds is 5. The van der Waals surface area contributed by atoms with E-state index in [1.54, 1.807) is 7.05 Å². The maximum absolute atomic E-state index is 6.18. The standard InChI is InChI=1S/C16H24ClN3OS/c1-18-15(19-11-13-5-3-4-6-14(13)17)20-12-16(22-2)7-9-21-10-8-16/h3-6H,7-12H2,1-2H3,(H2,18,19,20). The number of hydrogen-bond acceptors (Lipinski definition) is 3. The molecule has 6 heteroatoms. The van der Waals surface area contributed by atoms with Gasteiger partial charge in [0.15, 0.2) is 5.96 Å². The number of halogens is 1. The van der Waals surface area contributed by atoms with E-state index < -0.39 is 0 Å². The Labute approximate surface area is 142 Å². The van der Waals surface area contributed by atoms with Crippen molar-refractivity contribution in [3.8, 4) is 0 Å². The van der Waals surface area contributed by atoms with E-state index in [9.17, 15) is 0 Å². The summed E-state index contributed by atoms with van der Waals surface area (Å²) in [7, 11) is 1.79. The Balaban J connectivity index is 1.86. The van der Waals surface area contributed by atoms with Gasteiger partial charge in [-0.25, -0.2) is 0 Å². The molecule has 1 fully saturated rings. The summed E-state index contributed by atoms with van der Waals surface area (Å²) in [6.07, 6.45) is 4.32. The normalized spacial score (nSPS) is 18.0. The molecule has 1 aromatic carbocycles. The fraction of sp³-hybridized carbons (Fsp3) is 0.562. The minimum absolute atomic E-state index is 0.236. The third kappa shape index (κ3) is 4.80. The molecule has 2 rings (SSSR count). The van der Waals surface area contributed by atoms with E-state index in [1.807, 2.05) is 36.0 Å². The summed E-state index contributed by atoms with van der Waals surface area (Å²) in [6, 6.07) is 7.85. The number of nitrogens with zero attached hydrogens (tertiary/aromatic N) is 1. The van der Waals surface area contributed by atoms with Gasteiger partial charge in [0.25, 0.3) is 0 Å². The summed E-state index contributed by atoms with van der Waals surface area (Å²) < 4.78 is 5.71. The van der Waals surface area contributed by atoms with Crippen LogP contribution in [0, 0.1) is 0 Å². The number of ether oxygens (including phenoxy) is 1. The molecule has 0 bridgehead atoms. The summed E-state index contributed by atoms with van der Waals surface area (Å²) in [5, 5.41) is 7.53. The van der Waals surface area contributed by atoms with Gasteiger partial charge in [-0.3, -0.25) is 4.99 Å². The lowest BCUT2D eigenvalue weighted by Gasteiger charge is -2.36. The number of thioether (sulfide) groups is 1. The average Bonchev–Trinajstić information content (AvgIpc) is 2.57. The van der Waals surface area contributed by atoms with Crippen molar-refractivity contribution in [2.24, 2.45) is 4.99 Å². The second-order valence-corrected chi connectivity index (χ2v) is 7.05. The van der Waals surface area contributed by atoms with Gasteiger partial charge in [0, 0.05) is 43.1 Å². The van der Waals surface area contributed by atoms with E-state index >= 15 is 0 Å². The molecule has 1 aliphatic rings. The molecule has 1 heterocycles. The zero-order valence-corrected chi connectivity index (χ0v) is 14.8. The first-order valence-electron chi connectivity index (χ1n) is 7.50. The second-order valence-electron chi connectivity index (χ2n) is 5.37. The molecule has 1 aliphatic heterocycles. The predicted octanol–water partition coefficient (Wildman–Crippen LogP) is 2.92. The molecule has 0 saturated carbocycles. The molecule has 4 nitrogen and oxygen atoms in total. The fourth-order valence-electron chi connectivity index (χ4n) is 2.48. The molecule has 0 atom stereocenters. The molecule has 2 N–H and O–H groups in total. The first kappa shape index (κ1) is 17.4. The van der Waals surface area contributed by atoms with Gasteiger partial charge in [0.1, 0.15) is 0 Å². The molecule has 0 radical (unpaired) electrons. The van der Waals surface area contributed by atoms with E-state index in [0.29, 0.717) is 6.54 Å². The average molecular weight is 342 g/mol. The van der Waals surface area contributed by atoms with Gasteiger partial charge in [-0.2, -0.15) is 11.8 Å². The van der Waals surface area contributed by atoms with Crippen molar-refractivity contribution < 1.29 is 4.74 Å². The summed E-state index contributed by atoms with van der Waals surface area (Å²) in [6.45, 7) is 3.23. The van der Waals surface area contributed by atoms with Gasteiger partial charge in [0.05, 0.1) is 0 Å². The van der Waals surface area contributed by atoms with Crippen LogP contribution in [-0.2, 0) is 11.3 Å². The zero-order valence-electron chi connectivity index (χ0n) is 13.2. The number of benzene rings is 1. The Bertz CT molecular complexity index is 504. The number of aliphatic imine (C=N–C) groups is 1. The molecule has 1 saturated heterocycles. The molecule has 122 valence electrons. The minimum atomic E-state index is 0.236. The van der Waals surface area contributed by atoms with E-state index in [1.165, 1.54) is 0 Å². The van der Waals surface area contributed by atoms with Gasteiger partial charge in [-0.15, -0.1) is 0 Å². The van der Waals surface area contributed by atoms with Gasteiger partial charge in [-0.05, 0) is 30.7 Å². The third-order valence-corrected chi connectivity index (χ3v) is 5.83. The van der Waals surface area contributed by atoms with Gasteiger partial charge in [0.2, 0.25) is 0 Å². The molecule has 22 heavy (non-hydrogen) atoms. The van der Waals surface area contributed by atoms with Crippen molar-refractivity contribution in [1.82, 2.24) is 10.6 Å². The molecule has 0 unspecified atom stereocenters. The highest BCUT2D eigenvalue weighted by Gasteiger charge is 2.31. The van der Waals surface area contributed by atoms with Crippen LogP contribution >= 0.6 is 23.4 Å². The van der Waals surface area contributed by atoms with Crippen molar-refractivity contribution in [3.05, 3.63) is 34.9 Å². The van der Waals surface area contributed by atoms with Crippen LogP contribution in [0.1, 0.15) is 18.4 Å². The second kappa shape index (κ2) is 8.65. The van der Waals surface area contributed by atoms with Crippen LogP contribution < -0.4 is 10.6 Å². The van der Waals surface area contributed by atoms with Crippen molar-refractivity contribution >= 4 is 29.3 Å². The maximum Gasteiger partial charge on any atom is 0.191 e. The fourth-order valence-corrected chi connectivity index (χ4v) is 3.48. The van der Waals surface area contributed by atoms with E-state index in [0.717, 1.165) is 49.1 Å². The highest BCUT2D eigenvalue weighted by Crippen LogP contribution is 2.32. The lowest BCUT2D eigenvalue weighted by atomic mass is 9.99. The monoisotopic (exact) mass is 341 g/mol. The van der Waals surface area contributed by atoms with Crippen LogP contribution in [0.15, 0.2) is 29.3 Å². The Morgan fingerprint density at radius 2 is 2.05 bits per heavy atom. The SMILES string of the molecule is CN=C(NCc1ccccc1Cl)NCC1(SC)CCOCC1. The van der Waals surface area contributed by atoms with Crippen molar-refractivity contribution in [2.45, 2.75) is 24.1 Å². The predicted molar refractivity (Wildman–Crippen MR) is 96.0 cm³/mol. The molecule has 1 aromatic rings. The lowest BCUT2D eigenvalue weighted by Crippen LogP contribution is -2.47. The van der Waals surface area contributed by atoms with Crippen LogP contribution in [-0.4, -0.2) is 43.8 Å². The largest absolute Gasteiger partial charge is 0.381 e. The van der Waals surface area contributed by atoms with Gasteiger partial charge < -0.3 is 15.4 Å². The van der Waals surface area contributed by atoms with Crippen molar-refractivity contribution in [1.29, 1.82) is 0 Å². The van der Waals surface area contributed by atoms with Crippen molar-refractivity contribution in [2.75, 3.05) is 33.1 Å². The first-order valence-corrected chi connectivity index (χ1v) is 9.10. The third-order valence-electron chi connectivity index (χ3n) is 4.04. The van der Waals surface area contributed by atoms with Crippen LogP contribution in [0.5, 0.6) is 0 Å². The van der Waals surface area contributed by atoms with E-state index in [2.05, 4.69) is 21.9 Å². The maximum atomic E-state index is 6.18. The molecule has 0 aromatic heterocycles. The highest BCUT2D eigenvalue weighted by atomic mass is 35.5. The van der Waals surface area contributed by atoms with Crippen LogP contribution in [0.3, 0.4) is 0 Å². The first-order chi connectivity index (χ1) is 10.7. The summed E-state index contributed by atoms with van der Waals surface area (Å²) in [5.74, 6) is 0.805. The summed E-state index contributed by atoms with van der Waals surface area (Å²) in [5.41, 5.74) is 1.07. The van der Waals surface area contributed by atoms with Gasteiger partial charge >= 0.3 is 0 Å². The topological polar surface area (TPSA) is 45.7 Å². The minimum Gasteiger partial charge on any atom is -0.381 e. The zero-order chi connectivity index (χ0) is 15.8. The lowest BCUT2D eigenvalue weighted by molar-refractivity contribution is 0.0783. The summed E-state index contributed by atoms with van der Waals surface area (Å²) in [4.78, 5) is 4.29.